The average molecular weight is 312 g/mol. The molecule has 2 aromatic rings. The monoisotopic (exact) mass is 312 g/mol. The van der Waals surface area contributed by atoms with E-state index < -0.39 is 0 Å². The summed E-state index contributed by atoms with van der Waals surface area (Å²) in [5.74, 6) is -0.347. The lowest BCUT2D eigenvalue weighted by Crippen LogP contribution is -2.33. The van der Waals surface area contributed by atoms with Crippen molar-refractivity contribution in [1.29, 1.82) is 0 Å². The summed E-state index contributed by atoms with van der Waals surface area (Å²) in [6, 6.07) is 10.7. The zero-order valence-electron chi connectivity index (χ0n) is 13.0. The molecule has 0 bridgehead atoms. The maximum Gasteiger partial charge on any atom is 0.271 e. The summed E-state index contributed by atoms with van der Waals surface area (Å²) in [6.45, 7) is 5.73. The van der Waals surface area contributed by atoms with Crippen molar-refractivity contribution in [3.8, 4) is 5.75 Å². The van der Waals surface area contributed by atoms with Crippen LogP contribution in [-0.2, 0) is 6.61 Å². The van der Waals surface area contributed by atoms with Crippen LogP contribution in [0.15, 0.2) is 60.0 Å². The van der Waals surface area contributed by atoms with Gasteiger partial charge in [0, 0.05) is 18.3 Å². The van der Waals surface area contributed by atoms with Gasteiger partial charge in [0.2, 0.25) is 5.43 Å². The average Bonchev–Trinajstić information content (AvgIpc) is 2.54. The van der Waals surface area contributed by atoms with Crippen LogP contribution in [0.5, 0.6) is 5.75 Å². The lowest BCUT2D eigenvalue weighted by molar-refractivity contribution is 0.0930. The molecule has 1 aromatic carbocycles. The molecule has 2 rings (SSSR count). The molecule has 0 spiro atoms. The molecule has 120 valence electrons. The summed E-state index contributed by atoms with van der Waals surface area (Å²) in [5.41, 5.74) is 0.715. The molecule has 0 radical (unpaired) electrons. The van der Waals surface area contributed by atoms with Crippen LogP contribution < -0.4 is 15.5 Å². The molecule has 0 saturated heterocycles. The number of nitrogens with one attached hydrogen (secondary N) is 2. The molecular weight excluding hydrogens is 292 g/mol. The number of hydrogen-bond acceptors (Lipinski definition) is 3. The smallest absolute Gasteiger partial charge is 0.271 e. The molecule has 0 aliphatic carbocycles. The Kier molecular flexibility index (Phi) is 5.74. The lowest BCUT2D eigenvalue weighted by atomic mass is 10.2. The number of aromatic nitrogens is 1. The van der Waals surface area contributed by atoms with E-state index in [2.05, 4.69) is 16.9 Å². The topological polar surface area (TPSA) is 71.2 Å². The molecule has 1 aromatic heterocycles. The molecule has 2 N–H and O–H groups in total. The largest absolute Gasteiger partial charge is 0.483 e. The summed E-state index contributed by atoms with van der Waals surface area (Å²) in [4.78, 5) is 27.2. The number of amides is 1. The lowest BCUT2D eigenvalue weighted by Gasteiger charge is -2.14. The van der Waals surface area contributed by atoms with Crippen LogP contribution >= 0.6 is 0 Å². The molecular formula is C18H20N2O3. The number of carbonyl (C=O) groups excluding carboxylic acids is 1. The predicted molar refractivity (Wildman–Crippen MR) is 89.6 cm³/mol. The summed E-state index contributed by atoms with van der Waals surface area (Å²) in [7, 11) is 0. The van der Waals surface area contributed by atoms with Crippen molar-refractivity contribution in [3.05, 3.63) is 76.7 Å². The third-order valence-electron chi connectivity index (χ3n) is 3.26. The Morgan fingerprint density at radius 1 is 1.35 bits per heavy atom. The molecule has 1 heterocycles. The Balaban J connectivity index is 2.17. The molecule has 0 fully saturated rings. The van der Waals surface area contributed by atoms with Gasteiger partial charge in [0.1, 0.15) is 6.61 Å². The zero-order valence-corrected chi connectivity index (χ0v) is 13.0. The Morgan fingerprint density at radius 3 is 2.78 bits per heavy atom. The van der Waals surface area contributed by atoms with Crippen molar-refractivity contribution in [2.45, 2.75) is 26.0 Å². The maximum absolute atomic E-state index is 12.3. The molecule has 1 atom stereocenters. The van der Waals surface area contributed by atoms with Crippen molar-refractivity contribution in [1.82, 2.24) is 10.3 Å². The van der Waals surface area contributed by atoms with Crippen molar-refractivity contribution >= 4 is 5.91 Å². The number of rotatable bonds is 7. The molecule has 5 nitrogen and oxygen atoms in total. The fourth-order valence-electron chi connectivity index (χ4n) is 2.11. The first kappa shape index (κ1) is 16.5. The SMILES string of the molecule is C=CCC(C)NC(=O)c1[nH]ccc(=O)c1OCc1ccccc1. The van der Waals surface area contributed by atoms with Crippen molar-refractivity contribution in [2.75, 3.05) is 0 Å². The molecule has 0 aliphatic rings. The van der Waals surface area contributed by atoms with E-state index in [1.165, 1.54) is 12.3 Å². The van der Waals surface area contributed by atoms with Gasteiger partial charge in [-0.1, -0.05) is 36.4 Å². The highest BCUT2D eigenvalue weighted by atomic mass is 16.5. The number of aromatic amines is 1. The minimum absolute atomic E-state index is 0.0275. The quantitative estimate of drug-likeness (QED) is 0.772. The van der Waals surface area contributed by atoms with E-state index in [4.69, 9.17) is 4.74 Å². The van der Waals surface area contributed by atoms with Crippen LogP contribution in [0.3, 0.4) is 0 Å². The molecule has 0 saturated carbocycles. The first-order valence-corrected chi connectivity index (χ1v) is 7.42. The molecule has 1 amide bonds. The number of pyridine rings is 1. The van der Waals surface area contributed by atoms with E-state index in [0.29, 0.717) is 6.42 Å². The number of benzene rings is 1. The minimum Gasteiger partial charge on any atom is -0.483 e. The van der Waals surface area contributed by atoms with Gasteiger partial charge in [-0.2, -0.15) is 0 Å². The summed E-state index contributed by atoms with van der Waals surface area (Å²) in [6.07, 6.45) is 3.80. The van der Waals surface area contributed by atoms with E-state index in [-0.39, 0.29) is 35.4 Å². The molecule has 23 heavy (non-hydrogen) atoms. The van der Waals surface area contributed by atoms with Crippen molar-refractivity contribution in [3.63, 3.8) is 0 Å². The van der Waals surface area contributed by atoms with Gasteiger partial charge in [-0.3, -0.25) is 9.59 Å². The Bertz CT molecular complexity index is 723. The second-order valence-corrected chi connectivity index (χ2v) is 5.22. The van der Waals surface area contributed by atoms with Crippen LogP contribution in [-0.4, -0.2) is 16.9 Å². The van der Waals surface area contributed by atoms with E-state index in [1.807, 2.05) is 37.3 Å². The van der Waals surface area contributed by atoms with Gasteiger partial charge in [0.15, 0.2) is 11.4 Å². The second kappa shape index (κ2) is 7.98. The summed E-state index contributed by atoms with van der Waals surface area (Å²) < 4.78 is 5.59. The molecule has 1 unspecified atom stereocenters. The van der Waals surface area contributed by atoms with Crippen molar-refractivity contribution < 1.29 is 9.53 Å². The third kappa shape index (κ3) is 4.57. The van der Waals surface area contributed by atoms with Gasteiger partial charge in [0.05, 0.1) is 0 Å². The zero-order chi connectivity index (χ0) is 16.7. The molecule has 5 heteroatoms. The Labute approximate surface area is 135 Å². The van der Waals surface area contributed by atoms with E-state index in [0.717, 1.165) is 5.56 Å². The number of hydrogen-bond donors (Lipinski definition) is 2. The Hall–Kier alpha value is -2.82. The predicted octanol–water partition coefficient (Wildman–Crippen LogP) is 2.65. The number of ether oxygens (including phenoxy) is 1. The summed E-state index contributed by atoms with van der Waals surface area (Å²) >= 11 is 0. The Morgan fingerprint density at radius 2 is 2.09 bits per heavy atom. The highest BCUT2D eigenvalue weighted by Gasteiger charge is 2.17. The molecule has 0 aliphatic heterocycles. The standard InChI is InChI=1S/C18H20N2O3/c1-3-7-13(2)20-18(22)16-17(15(21)10-11-19-16)23-12-14-8-5-4-6-9-14/h3-6,8-11,13H,1,7,12H2,2H3,(H,19,21)(H,20,22). The van der Waals surface area contributed by atoms with Crippen LogP contribution in [0.25, 0.3) is 0 Å². The highest BCUT2D eigenvalue weighted by Crippen LogP contribution is 2.13. The van der Waals surface area contributed by atoms with Gasteiger partial charge in [0.25, 0.3) is 5.91 Å². The highest BCUT2D eigenvalue weighted by molar-refractivity contribution is 5.95. The van der Waals surface area contributed by atoms with Crippen LogP contribution in [0.4, 0.5) is 0 Å². The summed E-state index contributed by atoms with van der Waals surface area (Å²) in [5, 5.41) is 2.80. The van der Waals surface area contributed by atoms with Gasteiger partial charge >= 0.3 is 0 Å². The van der Waals surface area contributed by atoms with E-state index in [1.54, 1.807) is 6.08 Å². The van der Waals surface area contributed by atoms with Gasteiger partial charge < -0.3 is 15.0 Å². The van der Waals surface area contributed by atoms with Crippen molar-refractivity contribution in [2.24, 2.45) is 0 Å². The van der Waals surface area contributed by atoms with Crippen LogP contribution in [0.2, 0.25) is 0 Å². The maximum atomic E-state index is 12.3. The van der Waals surface area contributed by atoms with Gasteiger partial charge in [-0.25, -0.2) is 0 Å². The first-order valence-electron chi connectivity index (χ1n) is 7.42. The van der Waals surface area contributed by atoms with E-state index >= 15 is 0 Å². The van der Waals surface area contributed by atoms with Gasteiger partial charge in [-0.15, -0.1) is 6.58 Å². The third-order valence-corrected chi connectivity index (χ3v) is 3.26. The van der Waals surface area contributed by atoms with E-state index in [9.17, 15) is 9.59 Å². The number of carbonyl (C=O) groups is 1. The fraction of sp³-hybridized carbons (Fsp3) is 0.222. The van der Waals surface area contributed by atoms with Gasteiger partial charge in [-0.05, 0) is 18.9 Å². The van der Waals surface area contributed by atoms with Crippen LogP contribution in [0.1, 0.15) is 29.4 Å². The second-order valence-electron chi connectivity index (χ2n) is 5.22. The normalized spacial score (nSPS) is 11.5. The number of H-pyrrole nitrogens is 1. The minimum atomic E-state index is -0.375. The van der Waals surface area contributed by atoms with Crippen LogP contribution in [0, 0.1) is 0 Å². The first-order chi connectivity index (χ1) is 11.1. The fourth-order valence-corrected chi connectivity index (χ4v) is 2.11.